The molecule has 2 aromatic heterocycles. The zero-order chi connectivity index (χ0) is 47.2. The van der Waals surface area contributed by atoms with Gasteiger partial charge < -0.3 is 14.4 Å². The van der Waals surface area contributed by atoms with Crippen LogP contribution < -0.4 is 15.5 Å². The fourth-order valence-corrected chi connectivity index (χ4v) is 9.47. The molecule has 3 aliphatic rings. The second-order valence-corrected chi connectivity index (χ2v) is 16.0. The third-order valence-electron chi connectivity index (χ3n) is 12.3. The van der Waals surface area contributed by atoms with E-state index >= 15 is 0 Å². The highest BCUT2D eigenvalue weighted by atomic mass is 15.2. The van der Waals surface area contributed by atoms with Crippen LogP contribution in [0.25, 0.3) is 40.1 Å². The second kappa shape index (κ2) is 23.1. The predicted octanol–water partition coefficient (Wildman–Crippen LogP) is 14.8. The van der Waals surface area contributed by atoms with Crippen LogP contribution in [0.15, 0.2) is 218 Å². The van der Waals surface area contributed by atoms with Crippen molar-refractivity contribution < 1.29 is 0 Å². The molecule has 3 atom stereocenters. The Balaban J connectivity index is 0.00000175. The molecule has 1 aliphatic carbocycles. The average molecular weight is 869 g/mol. The minimum absolute atomic E-state index is 0.0545. The number of benzene rings is 3. The molecule has 3 aromatic carbocycles. The topological polar surface area (TPSA) is 24.3 Å². The van der Waals surface area contributed by atoms with E-state index in [2.05, 4.69) is 237 Å². The van der Waals surface area contributed by atoms with Gasteiger partial charge >= 0.3 is 0 Å². The summed E-state index contributed by atoms with van der Waals surface area (Å²) in [6.45, 7) is 27.9. The molecular weight excluding hydrogens is 801 g/mol. The lowest BCUT2D eigenvalue weighted by atomic mass is 9.84. The highest BCUT2D eigenvalue weighted by Gasteiger charge is 2.43. The molecule has 4 nitrogen and oxygen atoms in total. The molecule has 3 unspecified atom stereocenters. The number of rotatable bonds is 9. The summed E-state index contributed by atoms with van der Waals surface area (Å²) < 4.78 is 2.59. The number of hydrogen-bond acceptors (Lipinski definition) is 3. The van der Waals surface area contributed by atoms with Crippen molar-refractivity contribution in [2.24, 2.45) is 0 Å². The van der Waals surface area contributed by atoms with Gasteiger partial charge in [-0.05, 0) is 130 Å². The van der Waals surface area contributed by atoms with E-state index in [0.29, 0.717) is 0 Å². The molecule has 0 fully saturated rings. The van der Waals surface area contributed by atoms with Crippen LogP contribution in [0.1, 0.15) is 91.6 Å². The minimum Gasteiger partial charge on any atom is -0.335 e. The van der Waals surface area contributed by atoms with Crippen molar-refractivity contribution in [3.63, 3.8) is 0 Å². The Hall–Kier alpha value is -7.17. The number of allylic oxidation sites excluding steroid dienone is 12. The predicted molar refractivity (Wildman–Crippen MR) is 287 cm³/mol. The van der Waals surface area contributed by atoms with Crippen LogP contribution in [0.4, 0.5) is 5.69 Å². The lowest BCUT2D eigenvalue weighted by Crippen LogP contribution is -2.40. The number of hydrogen-bond donors (Lipinski definition) is 0. The van der Waals surface area contributed by atoms with Crippen molar-refractivity contribution in [2.45, 2.75) is 86.7 Å². The molecule has 0 amide bonds. The van der Waals surface area contributed by atoms with Crippen LogP contribution in [0.2, 0.25) is 0 Å². The normalized spacial score (nSPS) is 20.5. The van der Waals surface area contributed by atoms with E-state index in [1.165, 1.54) is 55.5 Å². The monoisotopic (exact) mass is 869 g/mol. The van der Waals surface area contributed by atoms with Crippen molar-refractivity contribution in [3.8, 4) is 16.8 Å². The van der Waals surface area contributed by atoms with Gasteiger partial charge in [-0.3, -0.25) is 4.98 Å². The summed E-state index contributed by atoms with van der Waals surface area (Å²) in [5.74, 6) is 0.0731. The van der Waals surface area contributed by atoms with Crippen molar-refractivity contribution in [3.05, 3.63) is 246 Å². The molecule has 2 aliphatic heterocycles. The van der Waals surface area contributed by atoms with Gasteiger partial charge in [0.05, 0.1) is 23.1 Å². The van der Waals surface area contributed by atoms with Crippen molar-refractivity contribution in [1.29, 1.82) is 0 Å². The van der Waals surface area contributed by atoms with Gasteiger partial charge in [0, 0.05) is 57.1 Å². The summed E-state index contributed by atoms with van der Waals surface area (Å²) in [6, 6.07) is 36.6. The molecule has 336 valence electrons. The van der Waals surface area contributed by atoms with Gasteiger partial charge in [-0.15, -0.1) is 0 Å². The standard InChI is InChI=1S/C58H56N4.2C2H6/c1-8-11-15-35-54-43(6)56-55(61(54)49-32-24-29-46(40-49)45-27-17-13-18-28-45)37-36-52-50(10-3)57(62(58(52)56)47-30-19-14-20-31-47)51-33-21-12-16-26-42(5)60(44(51)7)48(25-9-2)39-41(4)53-34-22-23-38-59-53;2*1-2/h8-32,34-40,44,55-56H,2,5,33H2,1,3-4,6-7H3;2*1-2H3/b11-8-,21-12-,26-16-,35-15-,41-39+,48-25+,50-10-,57-51+;;. The molecule has 66 heavy (non-hydrogen) atoms. The maximum absolute atomic E-state index is 4.67. The first-order chi connectivity index (χ1) is 32.4. The number of pyridine rings is 1. The zero-order valence-electron chi connectivity index (χ0n) is 40.6. The number of aromatic nitrogens is 2. The SMILES string of the molecule is C=C/C=C(\C=C(/C)c1ccccn1)N1C(=C)/C=C\C=C/C/C(=c2/c(=C\C)c3c(n2-c2ccccc2)C2C(C)=C(/C=C\C=C/C)N(c4cccc(-c5ccccc5)c4)C2C=C3)C1C.CC.CC. The van der Waals surface area contributed by atoms with Crippen LogP contribution in [0, 0.1) is 0 Å². The Morgan fingerprint density at radius 2 is 1.50 bits per heavy atom. The molecule has 0 radical (unpaired) electrons. The molecule has 0 spiro atoms. The van der Waals surface area contributed by atoms with Gasteiger partial charge in [0.15, 0.2) is 0 Å². The third kappa shape index (κ3) is 9.89. The van der Waals surface area contributed by atoms with Gasteiger partial charge in [0.25, 0.3) is 0 Å². The Morgan fingerprint density at radius 3 is 2.18 bits per heavy atom. The smallest absolute Gasteiger partial charge is 0.0659 e. The van der Waals surface area contributed by atoms with Gasteiger partial charge in [-0.2, -0.15) is 0 Å². The Labute approximate surface area is 395 Å². The summed E-state index contributed by atoms with van der Waals surface area (Å²) in [5.41, 5.74) is 15.0. The van der Waals surface area contributed by atoms with Crippen molar-refractivity contribution >= 4 is 29.0 Å². The fourth-order valence-electron chi connectivity index (χ4n) is 9.47. The van der Waals surface area contributed by atoms with E-state index < -0.39 is 0 Å². The lowest BCUT2D eigenvalue weighted by Gasteiger charge is -2.35. The molecule has 0 saturated carbocycles. The molecule has 8 rings (SSSR count). The molecule has 0 N–H and O–H groups in total. The van der Waals surface area contributed by atoms with Crippen molar-refractivity contribution in [1.82, 2.24) is 14.5 Å². The van der Waals surface area contributed by atoms with E-state index in [4.69, 9.17) is 0 Å². The lowest BCUT2D eigenvalue weighted by molar-refractivity contribution is 0.410. The van der Waals surface area contributed by atoms with E-state index in [0.717, 1.165) is 34.8 Å². The molecule has 4 heterocycles. The second-order valence-electron chi connectivity index (χ2n) is 16.0. The van der Waals surface area contributed by atoms with Crippen LogP contribution in [-0.2, 0) is 0 Å². The summed E-state index contributed by atoms with van der Waals surface area (Å²) >= 11 is 0. The molecule has 4 heteroatoms. The van der Waals surface area contributed by atoms with Gasteiger partial charge in [-0.25, -0.2) is 0 Å². The van der Waals surface area contributed by atoms with E-state index in [1.54, 1.807) is 0 Å². The van der Waals surface area contributed by atoms with Gasteiger partial charge in [-0.1, -0.05) is 168 Å². The summed E-state index contributed by atoms with van der Waals surface area (Å²) in [5, 5.41) is 2.46. The van der Waals surface area contributed by atoms with Gasteiger partial charge in [0.1, 0.15) is 0 Å². The average Bonchev–Trinajstić information content (AvgIpc) is 3.87. The fraction of sp³-hybridized carbons (Fsp3) is 0.210. The quantitative estimate of drug-likeness (QED) is 0.138. The Morgan fingerprint density at radius 1 is 0.803 bits per heavy atom. The Kier molecular flexibility index (Phi) is 16.9. The first-order valence-electron chi connectivity index (χ1n) is 23.7. The zero-order valence-corrected chi connectivity index (χ0v) is 40.6. The summed E-state index contributed by atoms with van der Waals surface area (Å²) in [4.78, 5) is 9.59. The third-order valence-corrected chi connectivity index (χ3v) is 12.3. The highest BCUT2D eigenvalue weighted by Crippen LogP contribution is 2.48. The Bertz CT molecular complexity index is 2860. The minimum atomic E-state index is -0.0945. The number of anilines is 1. The molecule has 5 aromatic rings. The maximum atomic E-state index is 4.67. The summed E-state index contributed by atoms with van der Waals surface area (Å²) in [6.07, 6.45) is 33.2. The number of para-hydroxylation sites is 1. The first kappa shape index (κ1) is 48.3. The maximum Gasteiger partial charge on any atom is 0.0659 e. The molecular formula is C62H68N4. The number of fused-ring (bicyclic) bond motifs is 3. The first-order valence-corrected chi connectivity index (χ1v) is 23.7. The van der Waals surface area contributed by atoms with Crippen LogP contribution in [-0.4, -0.2) is 26.5 Å². The van der Waals surface area contributed by atoms with E-state index in [-0.39, 0.29) is 18.0 Å². The van der Waals surface area contributed by atoms with Crippen LogP contribution in [0.3, 0.4) is 0 Å². The summed E-state index contributed by atoms with van der Waals surface area (Å²) in [7, 11) is 0. The van der Waals surface area contributed by atoms with Crippen LogP contribution in [0.5, 0.6) is 0 Å². The highest BCUT2D eigenvalue weighted by molar-refractivity contribution is 5.76. The largest absolute Gasteiger partial charge is 0.335 e. The van der Waals surface area contributed by atoms with Crippen molar-refractivity contribution in [2.75, 3.05) is 4.90 Å². The molecule has 0 saturated heterocycles. The van der Waals surface area contributed by atoms with Crippen LogP contribution >= 0.6 is 0 Å². The van der Waals surface area contributed by atoms with Gasteiger partial charge in [0.2, 0.25) is 0 Å². The van der Waals surface area contributed by atoms with E-state index in [9.17, 15) is 0 Å². The molecule has 0 bridgehead atoms. The van der Waals surface area contributed by atoms with E-state index in [1.807, 2.05) is 52.1 Å². The number of nitrogens with zero attached hydrogens (tertiary/aromatic N) is 4.